The third-order valence-electron chi connectivity index (χ3n) is 2.89. The van der Waals surface area contributed by atoms with E-state index in [2.05, 4.69) is 23.5 Å². The van der Waals surface area contributed by atoms with Gasteiger partial charge in [0, 0.05) is 17.8 Å². The number of unbranched alkanes of at least 4 members (excludes halogenated alkanes) is 2. The van der Waals surface area contributed by atoms with E-state index in [1.165, 1.54) is 0 Å². The van der Waals surface area contributed by atoms with Crippen molar-refractivity contribution in [1.29, 1.82) is 0 Å². The van der Waals surface area contributed by atoms with Gasteiger partial charge < -0.3 is 10.6 Å². The first-order valence-electron chi connectivity index (χ1n) is 6.78. The van der Waals surface area contributed by atoms with Crippen LogP contribution in [0.3, 0.4) is 0 Å². The van der Waals surface area contributed by atoms with Crippen LogP contribution in [0.4, 0.5) is 5.69 Å². The summed E-state index contributed by atoms with van der Waals surface area (Å²) in [5, 5.41) is 6.07. The topological polar surface area (TPSA) is 41.1 Å². The normalized spacial score (nSPS) is 11.4. The number of nitrogens with one attached hydrogen (secondary N) is 2. The second-order valence-corrected chi connectivity index (χ2v) is 4.59. The molecule has 0 aliphatic carbocycles. The van der Waals surface area contributed by atoms with Crippen LogP contribution in [0.15, 0.2) is 24.3 Å². The number of benzene rings is 1. The van der Waals surface area contributed by atoms with Crippen LogP contribution < -0.4 is 10.6 Å². The number of carbonyl (C=O) groups excluding carboxylic acids is 1. The molecule has 0 spiro atoms. The standard InChI is InChI=1S/C16H22N2O/c1-4-6-7-11-17-16(19)13(3)18-15-10-8-9-14(5-2)12-15/h2,8-10,12-13,18H,4,6-7,11H2,1,3H3,(H,17,19). The van der Waals surface area contributed by atoms with Crippen molar-refractivity contribution in [3.8, 4) is 12.3 Å². The molecule has 3 nitrogen and oxygen atoms in total. The van der Waals surface area contributed by atoms with Crippen LogP contribution in [-0.4, -0.2) is 18.5 Å². The van der Waals surface area contributed by atoms with E-state index < -0.39 is 0 Å². The molecular weight excluding hydrogens is 236 g/mol. The second-order valence-electron chi connectivity index (χ2n) is 4.59. The molecule has 0 heterocycles. The van der Waals surface area contributed by atoms with Crippen molar-refractivity contribution >= 4 is 11.6 Å². The molecule has 0 bridgehead atoms. The van der Waals surface area contributed by atoms with Crippen LogP contribution in [0.5, 0.6) is 0 Å². The van der Waals surface area contributed by atoms with E-state index in [4.69, 9.17) is 6.42 Å². The predicted molar refractivity (Wildman–Crippen MR) is 80.0 cm³/mol. The number of hydrogen-bond acceptors (Lipinski definition) is 2. The summed E-state index contributed by atoms with van der Waals surface area (Å²) in [7, 11) is 0. The van der Waals surface area contributed by atoms with Crippen molar-refractivity contribution in [2.75, 3.05) is 11.9 Å². The van der Waals surface area contributed by atoms with Crippen LogP contribution in [-0.2, 0) is 4.79 Å². The second kappa shape index (κ2) is 8.20. The maximum atomic E-state index is 11.9. The number of terminal acetylenes is 1. The van der Waals surface area contributed by atoms with Crippen molar-refractivity contribution in [2.24, 2.45) is 0 Å². The lowest BCUT2D eigenvalue weighted by Gasteiger charge is -2.15. The summed E-state index contributed by atoms with van der Waals surface area (Å²) in [4.78, 5) is 11.9. The van der Waals surface area contributed by atoms with Crippen molar-refractivity contribution < 1.29 is 4.79 Å². The van der Waals surface area contributed by atoms with Crippen molar-refractivity contribution in [3.05, 3.63) is 29.8 Å². The molecule has 1 atom stereocenters. The first-order valence-corrected chi connectivity index (χ1v) is 6.78. The van der Waals surface area contributed by atoms with Crippen molar-refractivity contribution in [3.63, 3.8) is 0 Å². The van der Waals surface area contributed by atoms with Gasteiger partial charge in [0.25, 0.3) is 0 Å². The summed E-state index contributed by atoms with van der Waals surface area (Å²) in [6.07, 6.45) is 8.68. The van der Waals surface area contributed by atoms with Gasteiger partial charge in [0.05, 0.1) is 0 Å². The highest BCUT2D eigenvalue weighted by Gasteiger charge is 2.11. The van der Waals surface area contributed by atoms with Crippen molar-refractivity contribution in [2.45, 2.75) is 39.2 Å². The third-order valence-corrected chi connectivity index (χ3v) is 2.89. The van der Waals surface area contributed by atoms with Gasteiger partial charge in [-0.3, -0.25) is 4.79 Å². The molecule has 0 aliphatic rings. The molecule has 19 heavy (non-hydrogen) atoms. The SMILES string of the molecule is C#Cc1cccc(NC(C)C(=O)NCCCCC)c1. The molecule has 1 aromatic rings. The molecule has 0 radical (unpaired) electrons. The fourth-order valence-corrected chi connectivity index (χ4v) is 1.75. The minimum Gasteiger partial charge on any atom is -0.374 e. The maximum Gasteiger partial charge on any atom is 0.242 e. The Hall–Kier alpha value is -1.95. The van der Waals surface area contributed by atoms with Gasteiger partial charge in [-0.15, -0.1) is 6.42 Å². The lowest BCUT2D eigenvalue weighted by Crippen LogP contribution is -2.38. The first-order chi connectivity index (χ1) is 9.17. The Morgan fingerprint density at radius 1 is 1.42 bits per heavy atom. The highest BCUT2D eigenvalue weighted by molar-refractivity contribution is 5.84. The Labute approximate surface area is 115 Å². The quantitative estimate of drug-likeness (QED) is 0.583. The summed E-state index contributed by atoms with van der Waals surface area (Å²) in [6, 6.07) is 7.24. The summed E-state index contributed by atoms with van der Waals surface area (Å²) < 4.78 is 0. The van der Waals surface area contributed by atoms with Crippen LogP contribution >= 0.6 is 0 Å². The van der Waals surface area contributed by atoms with Gasteiger partial charge >= 0.3 is 0 Å². The molecule has 1 aromatic carbocycles. The molecular formula is C16H22N2O. The zero-order valence-corrected chi connectivity index (χ0v) is 11.7. The minimum atomic E-state index is -0.269. The van der Waals surface area contributed by atoms with E-state index in [-0.39, 0.29) is 11.9 Å². The van der Waals surface area contributed by atoms with E-state index in [1.54, 1.807) is 0 Å². The number of carbonyl (C=O) groups is 1. The minimum absolute atomic E-state index is 0.0159. The Morgan fingerprint density at radius 2 is 2.21 bits per heavy atom. The Morgan fingerprint density at radius 3 is 2.89 bits per heavy atom. The highest BCUT2D eigenvalue weighted by atomic mass is 16.2. The predicted octanol–water partition coefficient (Wildman–Crippen LogP) is 2.77. The summed E-state index contributed by atoms with van der Waals surface area (Å²) >= 11 is 0. The van der Waals surface area contributed by atoms with Crippen LogP contribution in [0.25, 0.3) is 0 Å². The summed E-state index contributed by atoms with van der Waals surface area (Å²) in [5.41, 5.74) is 1.67. The molecule has 1 rings (SSSR count). The number of amides is 1. The highest BCUT2D eigenvalue weighted by Crippen LogP contribution is 2.11. The lowest BCUT2D eigenvalue weighted by molar-refractivity contribution is -0.121. The van der Waals surface area contributed by atoms with Crippen LogP contribution in [0.2, 0.25) is 0 Å². The Kier molecular flexibility index (Phi) is 6.52. The molecule has 0 aliphatic heterocycles. The number of rotatable bonds is 7. The molecule has 3 heteroatoms. The maximum absolute atomic E-state index is 11.9. The number of hydrogen-bond donors (Lipinski definition) is 2. The first kappa shape index (κ1) is 15.1. The van der Waals surface area contributed by atoms with E-state index in [0.29, 0.717) is 0 Å². The molecule has 1 unspecified atom stereocenters. The Balaban J connectivity index is 2.43. The zero-order chi connectivity index (χ0) is 14.1. The summed E-state index contributed by atoms with van der Waals surface area (Å²) in [5.74, 6) is 2.59. The largest absolute Gasteiger partial charge is 0.374 e. The van der Waals surface area contributed by atoms with Gasteiger partial charge in [-0.1, -0.05) is 31.8 Å². The Bertz CT molecular complexity index is 448. The molecule has 0 saturated carbocycles. The average molecular weight is 258 g/mol. The fourth-order valence-electron chi connectivity index (χ4n) is 1.75. The third kappa shape index (κ3) is 5.48. The lowest BCUT2D eigenvalue weighted by atomic mass is 10.2. The van der Waals surface area contributed by atoms with Gasteiger partial charge in [0.1, 0.15) is 6.04 Å². The summed E-state index contributed by atoms with van der Waals surface area (Å²) in [6.45, 7) is 4.73. The van der Waals surface area contributed by atoms with E-state index in [0.717, 1.165) is 37.1 Å². The van der Waals surface area contributed by atoms with Gasteiger partial charge in [-0.25, -0.2) is 0 Å². The smallest absolute Gasteiger partial charge is 0.242 e. The van der Waals surface area contributed by atoms with Gasteiger partial charge in [-0.05, 0) is 31.5 Å². The van der Waals surface area contributed by atoms with Crippen molar-refractivity contribution in [1.82, 2.24) is 5.32 Å². The van der Waals surface area contributed by atoms with Gasteiger partial charge in [0.15, 0.2) is 0 Å². The molecule has 2 N–H and O–H groups in total. The zero-order valence-electron chi connectivity index (χ0n) is 11.7. The molecule has 0 aromatic heterocycles. The number of anilines is 1. The average Bonchev–Trinajstić information content (AvgIpc) is 2.43. The molecule has 0 saturated heterocycles. The molecule has 0 fully saturated rings. The fraction of sp³-hybridized carbons (Fsp3) is 0.438. The van der Waals surface area contributed by atoms with Crippen LogP contribution in [0, 0.1) is 12.3 Å². The van der Waals surface area contributed by atoms with Gasteiger partial charge in [0.2, 0.25) is 5.91 Å². The van der Waals surface area contributed by atoms with E-state index in [1.807, 2.05) is 31.2 Å². The monoisotopic (exact) mass is 258 g/mol. The van der Waals surface area contributed by atoms with Crippen LogP contribution in [0.1, 0.15) is 38.7 Å². The van der Waals surface area contributed by atoms with E-state index in [9.17, 15) is 4.79 Å². The molecule has 102 valence electrons. The van der Waals surface area contributed by atoms with Gasteiger partial charge in [-0.2, -0.15) is 0 Å². The molecule has 1 amide bonds. The van der Waals surface area contributed by atoms with E-state index >= 15 is 0 Å².